The van der Waals surface area contributed by atoms with Crippen LogP contribution in [0, 0.1) is 6.92 Å². The summed E-state index contributed by atoms with van der Waals surface area (Å²) < 4.78 is 105. The molecular formula is C25H23F8N3O4. The van der Waals surface area contributed by atoms with Crippen LogP contribution in [0.25, 0.3) is 16.6 Å². The lowest BCUT2D eigenvalue weighted by atomic mass is 10.1. The molecule has 1 N–H and O–H groups in total. The van der Waals surface area contributed by atoms with Crippen molar-refractivity contribution in [2.45, 2.75) is 38.0 Å². The number of ether oxygens (including phenoxy) is 1. The van der Waals surface area contributed by atoms with Gasteiger partial charge >= 0.3 is 18.3 Å². The Hall–Kier alpha value is -3.75. The molecule has 0 aliphatic carbocycles. The third kappa shape index (κ3) is 7.67. The molecule has 218 valence electrons. The zero-order chi connectivity index (χ0) is 29.9. The van der Waals surface area contributed by atoms with Crippen molar-refractivity contribution in [2.75, 3.05) is 26.2 Å². The first-order valence-electron chi connectivity index (χ1n) is 11.7. The van der Waals surface area contributed by atoms with Gasteiger partial charge in [-0.25, -0.2) is 18.6 Å². The number of benzene rings is 2. The van der Waals surface area contributed by atoms with E-state index in [-0.39, 0.29) is 24.3 Å². The molecule has 1 aliphatic rings. The fraction of sp³-hybridized carbons (Fsp3) is 0.400. The van der Waals surface area contributed by atoms with E-state index in [0.29, 0.717) is 37.6 Å². The molecule has 0 spiro atoms. The van der Waals surface area contributed by atoms with Crippen LogP contribution in [0.3, 0.4) is 0 Å². The minimum atomic E-state index is -5.08. The molecule has 0 atom stereocenters. The number of aryl methyl sites for hydroxylation is 1. The van der Waals surface area contributed by atoms with Gasteiger partial charge in [0.25, 0.3) is 11.5 Å². The van der Waals surface area contributed by atoms with Crippen molar-refractivity contribution in [3.8, 4) is 11.4 Å². The maximum absolute atomic E-state index is 13.4. The zero-order valence-corrected chi connectivity index (χ0v) is 20.8. The molecule has 0 amide bonds. The molecule has 0 bridgehead atoms. The topological polar surface area (TPSA) is 84.7 Å². The Balaban J connectivity index is 0.000000559. The number of rotatable bonds is 6. The van der Waals surface area contributed by atoms with Crippen molar-refractivity contribution in [3.63, 3.8) is 0 Å². The van der Waals surface area contributed by atoms with Gasteiger partial charge in [0.1, 0.15) is 11.6 Å². The summed E-state index contributed by atoms with van der Waals surface area (Å²) in [6.45, 7) is 2.52. The number of halogens is 8. The molecule has 1 aromatic heterocycles. The van der Waals surface area contributed by atoms with Crippen molar-refractivity contribution in [2.24, 2.45) is 0 Å². The molecular weight excluding hydrogens is 558 g/mol. The van der Waals surface area contributed by atoms with Crippen molar-refractivity contribution < 1.29 is 49.8 Å². The van der Waals surface area contributed by atoms with Crippen LogP contribution in [0.15, 0.2) is 47.3 Å². The smallest absolute Gasteiger partial charge is 0.490 e. The highest BCUT2D eigenvalue weighted by molar-refractivity contribution is 5.82. The average Bonchev–Trinajstić information content (AvgIpc) is 3.20. The van der Waals surface area contributed by atoms with E-state index >= 15 is 0 Å². The second-order valence-corrected chi connectivity index (χ2v) is 8.88. The van der Waals surface area contributed by atoms with E-state index in [1.54, 1.807) is 36.1 Å². The van der Waals surface area contributed by atoms with E-state index in [1.807, 2.05) is 0 Å². The minimum absolute atomic E-state index is 0.0145. The van der Waals surface area contributed by atoms with Crippen molar-refractivity contribution in [1.29, 1.82) is 0 Å². The van der Waals surface area contributed by atoms with Gasteiger partial charge < -0.3 is 9.84 Å². The summed E-state index contributed by atoms with van der Waals surface area (Å²) in [6.07, 6.45) is -9.32. The molecule has 40 heavy (non-hydrogen) atoms. The predicted molar refractivity (Wildman–Crippen MR) is 127 cm³/mol. The number of hydrogen-bond donors (Lipinski definition) is 1. The Labute approximate surface area is 221 Å². The molecule has 3 aromatic rings. The van der Waals surface area contributed by atoms with Crippen LogP contribution in [0.5, 0.6) is 5.75 Å². The Morgan fingerprint density at radius 1 is 1.07 bits per heavy atom. The number of likely N-dealkylation sites (tertiary alicyclic amines) is 1. The van der Waals surface area contributed by atoms with Gasteiger partial charge in [-0.2, -0.15) is 26.3 Å². The van der Waals surface area contributed by atoms with Crippen LogP contribution < -0.4 is 10.3 Å². The van der Waals surface area contributed by atoms with Crippen LogP contribution in [0.1, 0.15) is 24.2 Å². The number of carbonyl (C=O) groups is 1. The Morgan fingerprint density at radius 2 is 1.70 bits per heavy atom. The van der Waals surface area contributed by atoms with Gasteiger partial charge in [0, 0.05) is 19.5 Å². The summed E-state index contributed by atoms with van der Waals surface area (Å²) in [7, 11) is 0. The van der Waals surface area contributed by atoms with E-state index in [1.165, 1.54) is 12.1 Å². The van der Waals surface area contributed by atoms with Crippen molar-refractivity contribution >= 4 is 16.9 Å². The first-order chi connectivity index (χ1) is 18.5. The largest absolute Gasteiger partial charge is 0.494 e. The van der Waals surface area contributed by atoms with Gasteiger partial charge in [0.15, 0.2) is 0 Å². The van der Waals surface area contributed by atoms with Crippen molar-refractivity contribution in [3.05, 3.63) is 64.2 Å². The molecule has 0 unspecified atom stereocenters. The fourth-order valence-electron chi connectivity index (χ4n) is 4.05. The molecule has 0 saturated carbocycles. The van der Waals surface area contributed by atoms with Crippen LogP contribution in [-0.2, 0) is 11.0 Å². The minimum Gasteiger partial charge on any atom is -0.494 e. The number of aromatic nitrogens is 2. The van der Waals surface area contributed by atoms with Gasteiger partial charge in [0.05, 0.1) is 35.3 Å². The van der Waals surface area contributed by atoms with Gasteiger partial charge in [0.2, 0.25) is 0 Å². The number of nitrogens with zero attached hydrogens (tertiary/aromatic N) is 3. The van der Waals surface area contributed by atoms with Crippen molar-refractivity contribution in [1.82, 2.24) is 14.5 Å². The first-order valence-corrected chi connectivity index (χ1v) is 11.7. The summed E-state index contributed by atoms with van der Waals surface area (Å²) in [4.78, 5) is 27.8. The highest BCUT2D eigenvalue weighted by atomic mass is 19.4. The van der Waals surface area contributed by atoms with E-state index in [2.05, 4.69) is 4.98 Å². The maximum Gasteiger partial charge on any atom is 0.490 e. The summed E-state index contributed by atoms with van der Waals surface area (Å²) >= 11 is 0. The number of carboxylic acid groups (broad SMARTS) is 1. The van der Waals surface area contributed by atoms with Crippen LogP contribution in [0.4, 0.5) is 35.1 Å². The second-order valence-electron chi connectivity index (χ2n) is 8.88. The van der Waals surface area contributed by atoms with E-state index in [4.69, 9.17) is 14.6 Å². The molecule has 2 aromatic carbocycles. The lowest BCUT2D eigenvalue weighted by Crippen LogP contribution is -2.27. The van der Waals surface area contributed by atoms with Crippen LogP contribution >= 0.6 is 0 Å². The van der Waals surface area contributed by atoms with E-state index in [9.17, 15) is 39.9 Å². The predicted octanol–water partition coefficient (Wildman–Crippen LogP) is 5.46. The molecule has 15 heteroatoms. The zero-order valence-electron chi connectivity index (χ0n) is 20.8. The molecule has 1 fully saturated rings. The third-order valence-electron chi connectivity index (χ3n) is 5.84. The average molecular weight is 581 g/mol. The molecule has 4 rings (SSSR count). The number of hydrogen-bond acceptors (Lipinski definition) is 5. The molecule has 1 aliphatic heterocycles. The quantitative estimate of drug-likeness (QED) is 0.308. The van der Waals surface area contributed by atoms with Gasteiger partial charge in [-0.15, -0.1) is 0 Å². The second kappa shape index (κ2) is 11.8. The van der Waals surface area contributed by atoms with Gasteiger partial charge in [-0.05, 0) is 49.7 Å². The normalized spacial score (nSPS) is 15.5. The Bertz CT molecular complexity index is 1400. The molecule has 1 saturated heterocycles. The molecule has 7 nitrogen and oxygen atoms in total. The monoisotopic (exact) mass is 581 g/mol. The standard InChI is InChI=1S/C23H22F5N3O2.C2HF3O2/c1-15-29-19-5-2-4-18(23(26,27)28)20(19)21(32)31(15)16-6-8-17(9-7-16)33-13-3-11-30-12-10-22(24,25)14-30;3-2(4,5)1(6)7/h2,4-9H,3,10-14H2,1H3;(H,6,7). The summed E-state index contributed by atoms with van der Waals surface area (Å²) in [5.74, 6) is -4.62. The summed E-state index contributed by atoms with van der Waals surface area (Å²) in [5, 5.41) is 6.64. The first kappa shape index (κ1) is 30.8. The van der Waals surface area contributed by atoms with E-state index in [0.717, 1.165) is 10.6 Å². The van der Waals surface area contributed by atoms with E-state index < -0.39 is 40.8 Å². The molecule has 0 radical (unpaired) electrons. The fourth-order valence-corrected chi connectivity index (χ4v) is 4.05. The highest BCUT2D eigenvalue weighted by Crippen LogP contribution is 2.33. The van der Waals surface area contributed by atoms with Crippen LogP contribution in [0.2, 0.25) is 0 Å². The molecule has 2 heterocycles. The van der Waals surface area contributed by atoms with Crippen LogP contribution in [-0.4, -0.2) is 63.9 Å². The summed E-state index contributed by atoms with van der Waals surface area (Å²) in [6, 6.07) is 9.80. The number of carboxylic acids is 1. The lowest BCUT2D eigenvalue weighted by Gasteiger charge is -2.16. The van der Waals surface area contributed by atoms with Gasteiger partial charge in [-0.1, -0.05) is 6.07 Å². The summed E-state index contributed by atoms with van der Waals surface area (Å²) in [5.41, 5.74) is -1.49. The number of alkyl halides is 8. The van der Waals surface area contributed by atoms with Gasteiger partial charge in [-0.3, -0.25) is 14.3 Å². The highest BCUT2D eigenvalue weighted by Gasteiger charge is 2.39. The lowest BCUT2D eigenvalue weighted by molar-refractivity contribution is -0.192. The Morgan fingerprint density at radius 3 is 2.23 bits per heavy atom. The number of aliphatic carboxylic acids is 1. The third-order valence-corrected chi connectivity index (χ3v) is 5.84. The SMILES string of the molecule is Cc1nc2cccc(C(F)(F)F)c2c(=O)n1-c1ccc(OCCCN2CCC(F)(F)C2)cc1.O=C(O)C(F)(F)F. The maximum atomic E-state index is 13.4. The Kier molecular flexibility index (Phi) is 9.07. The number of fused-ring (bicyclic) bond motifs is 1.